The van der Waals surface area contributed by atoms with Crippen molar-refractivity contribution in [3.63, 3.8) is 0 Å². The number of amides is 1. The van der Waals surface area contributed by atoms with Gasteiger partial charge in [-0.05, 0) is 50.6 Å². The monoisotopic (exact) mass is 367 g/mol. The van der Waals surface area contributed by atoms with Crippen LogP contribution in [0.2, 0.25) is 0 Å². The maximum atomic E-state index is 12.6. The normalized spacial score (nSPS) is 23.1. The summed E-state index contributed by atoms with van der Waals surface area (Å²) in [7, 11) is 1.38. The summed E-state index contributed by atoms with van der Waals surface area (Å²) >= 11 is 0. The fraction of sp³-hybridized carbons (Fsp3) is 0.556. The molecule has 0 aliphatic carbocycles. The summed E-state index contributed by atoms with van der Waals surface area (Å²) in [6, 6.07) is 7.62. The first-order chi connectivity index (χ1) is 11.6. The zero-order valence-corrected chi connectivity index (χ0v) is 15.6. The highest BCUT2D eigenvalue weighted by Gasteiger charge is 2.33. The molecule has 6 nitrogen and oxygen atoms in total. The molecule has 0 aromatic heterocycles. The van der Waals surface area contributed by atoms with Gasteiger partial charge in [-0.2, -0.15) is 0 Å². The van der Waals surface area contributed by atoms with Crippen molar-refractivity contribution in [2.45, 2.75) is 31.8 Å². The van der Waals surface area contributed by atoms with Gasteiger partial charge in [-0.25, -0.2) is 4.79 Å². The molecule has 2 heterocycles. The van der Waals surface area contributed by atoms with Crippen molar-refractivity contribution in [1.29, 1.82) is 0 Å². The molecule has 2 aliphatic heterocycles. The second kappa shape index (κ2) is 8.54. The number of anilines is 1. The van der Waals surface area contributed by atoms with Gasteiger partial charge in [0.2, 0.25) is 5.91 Å². The molecule has 2 unspecified atom stereocenters. The van der Waals surface area contributed by atoms with Crippen molar-refractivity contribution in [2.24, 2.45) is 0 Å². The van der Waals surface area contributed by atoms with E-state index in [0.717, 1.165) is 44.7 Å². The molecular weight excluding hydrogens is 342 g/mol. The molecule has 2 fully saturated rings. The zero-order chi connectivity index (χ0) is 17.1. The Hall–Kier alpha value is -1.79. The maximum Gasteiger partial charge on any atom is 0.337 e. The van der Waals surface area contributed by atoms with Crippen LogP contribution in [0, 0.1) is 0 Å². The van der Waals surface area contributed by atoms with Crippen molar-refractivity contribution in [3.8, 4) is 0 Å². The van der Waals surface area contributed by atoms with Gasteiger partial charge < -0.3 is 19.9 Å². The lowest BCUT2D eigenvalue weighted by Crippen LogP contribution is -2.57. The Kier molecular flexibility index (Phi) is 6.67. The van der Waals surface area contributed by atoms with Crippen LogP contribution in [0.15, 0.2) is 24.3 Å². The van der Waals surface area contributed by atoms with E-state index in [1.54, 1.807) is 12.1 Å². The fourth-order valence-corrected chi connectivity index (χ4v) is 3.54. The number of methoxy groups -OCH3 is 1. The van der Waals surface area contributed by atoms with Gasteiger partial charge in [0.25, 0.3) is 0 Å². The summed E-state index contributed by atoms with van der Waals surface area (Å²) in [6.45, 7) is 5.38. The van der Waals surface area contributed by atoms with Crippen LogP contribution >= 0.6 is 12.4 Å². The largest absolute Gasteiger partial charge is 0.465 e. The van der Waals surface area contributed by atoms with Crippen molar-refractivity contribution in [3.05, 3.63) is 29.8 Å². The van der Waals surface area contributed by atoms with Gasteiger partial charge in [0.05, 0.1) is 18.7 Å². The third-order valence-electron chi connectivity index (χ3n) is 4.92. The van der Waals surface area contributed by atoms with Gasteiger partial charge in [0, 0.05) is 31.4 Å². The van der Waals surface area contributed by atoms with Gasteiger partial charge in [0.15, 0.2) is 0 Å². The standard InChI is InChI=1S/C18H25N3O3.ClH/c1-13-12-20(15-7-5-14(6-8-15)18(23)24-2)10-11-21(13)17(22)16-4-3-9-19-16;/h5-8,13,16,19H,3-4,9-12H2,1-2H3;1H. The number of nitrogens with zero attached hydrogens (tertiary/aromatic N) is 2. The van der Waals surface area contributed by atoms with E-state index in [2.05, 4.69) is 17.1 Å². The van der Waals surface area contributed by atoms with E-state index in [-0.39, 0.29) is 36.4 Å². The van der Waals surface area contributed by atoms with Crippen LogP contribution in [0.1, 0.15) is 30.1 Å². The minimum atomic E-state index is -0.325. The zero-order valence-electron chi connectivity index (χ0n) is 14.7. The minimum Gasteiger partial charge on any atom is -0.465 e. The highest BCUT2D eigenvalue weighted by molar-refractivity contribution is 5.89. The fourth-order valence-electron chi connectivity index (χ4n) is 3.54. The van der Waals surface area contributed by atoms with Crippen molar-refractivity contribution in [2.75, 3.05) is 38.2 Å². The van der Waals surface area contributed by atoms with E-state index in [1.165, 1.54) is 7.11 Å². The first-order valence-corrected chi connectivity index (χ1v) is 8.57. The number of hydrogen-bond acceptors (Lipinski definition) is 5. The molecule has 3 rings (SSSR count). The number of benzene rings is 1. The van der Waals surface area contributed by atoms with Crippen LogP contribution in [0.4, 0.5) is 5.69 Å². The Labute approximate surface area is 154 Å². The molecule has 0 radical (unpaired) electrons. The first-order valence-electron chi connectivity index (χ1n) is 8.57. The van der Waals surface area contributed by atoms with Gasteiger partial charge in [-0.15, -0.1) is 12.4 Å². The number of hydrogen-bond donors (Lipinski definition) is 1. The maximum absolute atomic E-state index is 12.6. The lowest BCUT2D eigenvalue weighted by molar-refractivity contribution is -0.135. The number of halogens is 1. The van der Waals surface area contributed by atoms with Crippen LogP contribution in [-0.4, -0.2) is 62.1 Å². The third kappa shape index (κ3) is 4.25. The summed E-state index contributed by atoms with van der Waals surface area (Å²) in [5.74, 6) is -0.0879. The summed E-state index contributed by atoms with van der Waals surface area (Å²) in [5, 5.41) is 3.29. The Morgan fingerprint density at radius 1 is 1.20 bits per heavy atom. The van der Waals surface area contributed by atoms with E-state index in [9.17, 15) is 9.59 Å². The molecule has 2 saturated heterocycles. The van der Waals surface area contributed by atoms with Crippen LogP contribution < -0.4 is 10.2 Å². The molecule has 0 saturated carbocycles. The Morgan fingerprint density at radius 2 is 1.92 bits per heavy atom. The summed E-state index contributed by atoms with van der Waals surface area (Å²) < 4.78 is 4.73. The van der Waals surface area contributed by atoms with Crippen LogP contribution in [0.3, 0.4) is 0 Å². The van der Waals surface area contributed by atoms with Gasteiger partial charge in [-0.3, -0.25) is 4.79 Å². The number of carbonyl (C=O) groups is 2. The Balaban J connectivity index is 0.00000225. The molecular formula is C18H26ClN3O3. The predicted molar refractivity (Wildman–Crippen MR) is 99.4 cm³/mol. The molecule has 2 atom stereocenters. The second-order valence-corrected chi connectivity index (χ2v) is 6.51. The smallest absolute Gasteiger partial charge is 0.337 e. The van der Waals surface area contributed by atoms with E-state index in [1.807, 2.05) is 17.0 Å². The summed E-state index contributed by atoms with van der Waals surface area (Å²) in [6.07, 6.45) is 2.03. The quantitative estimate of drug-likeness (QED) is 0.824. The molecule has 2 aliphatic rings. The first kappa shape index (κ1) is 19.5. The van der Waals surface area contributed by atoms with Gasteiger partial charge >= 0.3 is 5.97 Å². The van der Waals surface area contributed by atoms with Crippen LogP contribution in [0.25, 0.3) is 0 Å². The number of ether oxygens (including phenoxy) is 1. The lowest BCUT2D eigenvalue weighted by atomic mass is 10.1. The average molecular weight is 368 g/mol. The third-order valence-corrected chi connectivity index (χ3v) is 4.92. The van der Waals surface area contributed by atoms with Crippen molar-refractivity contribution < 1.29 is 14.3 Å². The lowest BCUT2D eigenvalue weighted by Gasteiger charge is -2.42. The highest BCUT2D eigenvalue weighted by atomic mass is 35.5. The Morgan fingerprint density at radius 3 is 2.48 bits per heavy atom. The molecule has 0 spiro atoms. The molecule has 1 aromatic rings. The molecule has 1 N–H and O–H groups in total. The van der Waals surface area contributed by atoms with E-state index in [0.29, 0.717) is 5.56 Å². The predicted octanol–water partition coefficient (Wildman–Crippen LogP) is 1.68. The van der Waals surface area contributed by atoms with E-state index in [4.69, 9.17) is 4.74 Å². The minimum absolute atomic E-state index is 0. The van der Waals surface area contributed by atoms with Crippen molar-refractivity contribution in [1.82, 2.24) is 10.2 Å². The number of nitrogens with one attached hydrogen (secondary N) is 1. The summed E-state index contributed by atoms with van der Waals surface area (Å²) in [4.78, 5) is 28.4. The topological polar surface area (TPSA) is 61.9 Å². The number of esters is 1. The molecule has 25 heavy (non-hydrogen) atoms. The van der Waals surface area contributed by atoms with E-state index >= 15 is 0 Å². The highest BCUT2D eigenvalue weighted by Crippen LogP contribution is 2.21. The Bertz CT molecular complexity index is 602. The second-order valence-electron chi connectivity index (χ2n) is 6.51. The van der Waals surface area contributed by atoms with Crippen molar-refractivity contribution >= 4 is 30.0 Å². The van der Waals surface area contributed by atoms with Gasteiger partial charge in [0.1, 0.15) is 0 Å². The number of rotatable bonds is 3. The van der Waals surface area contributed by atoms with Crippen LogP contribution in [-0.2, 0) is 9.53 Å². The van der Waals surface area contributed by atoms with Crippen LogP contribution in [0.5, 0.6) is 0 Å². The molecule has 7 heteroatoms. The van der Waals surface area contributed by atoms with E-state index < -0.39 is 0 Å². The SMILES string of the molecule is COC(=O)c1ccc(N2CCN(C(=O)C3CCCN3)C(C)C2)cc1.Cl. The molecule has 138 valence electrons. The number of carbonyl (C=O) groups excluding carboxylic acids is 2. The average Bonchev–Trinajstić information content (AvgIpc) is 3.15. The molecule has 1 aromatic carbocycles. The molecule has 0 bridgehead atoms. The summed E-state index contributed by atoms with van der Waals surface area (Å²) in [5.41, 5.74) is 1.62. The number of piperazine rings is 1. The molecule has 1 amide bonds. The van der Waals surface area contributed by atoms with Gasteiger partial charge in [-0.1, -0.05) is 0 Å².